The molecule has 0 aliphatic carbocycles. The number of aryl methyl sites for hydroxylation is 1. The number of carbonyl (C=O) groups is 2. The number of alkyl carbamates (subject to hydrolysis) is 1. The Balaban J connectivity index is 2.67. The number of nitrogens with one attached hydrogen (secondary N) is 1. The number of amides is 1. The van der Waals surface area contributed by atoms with Gasteiger partial charge in [0.05, 0.1) is 18.9 Å². The Morgan fingerprint density at radius 2 is 2.04 bits per heavy atom. The number of methoxy groups -OCH3 is 1. The standard InChI is InChI=1S/C19H28N2O5/c1-13(22)7-6-8-15-10-9-14(12-20-15)11-16(17(23)25-5)21-18(24)26-19(2,3)4/h12-13,16,22H,6-8,11H2,1-5H3,(H,21,24)/t13?,16-/m0/s1. The maximum absolute atomic E-state index is 11.9. The van der Waals surface area contributed by atoms with Crippen LogP contribution in [-0.2, 0) is 27.1 Å². The summed E-state index contributed by atoms with van der Waals surface area (Å²) in [6, 6.07) is 5.01. The fraction of sp³-hybridized carbons (Fsp3) is 0.632. The summed E-state index contributed by atoms with van der Waals surface area (Å²) < 4.78 is 9.91. The molecule has 0 fully saturated rings. The zero-order valence-electron chi connectivity index (χ0n) is 16.1. The largest absolute Gasteiger partial charge is 0.467 e. The molecule has 2 atom stereocenters. The van der Waals surface area contributed by atoms with Gasteiger partial charge >= 0.3 is 12.1 Å². The van der Waals surface area contributed by atoms with E-state index in [1.165, 1.54) is 7.11 Å². The minimum Gasteiger partial charge on any atom is -0.467 e. The minimum atomic E-state index is -0.901. The molecule has 1 rings (SSSR count). The van der Waals surface area contributed by atoms with Gasteiger partial charge in [0, 0.05) is 18.2 Å². The van der Waals surface area contributed by atoms with E-state index >= 15 is 0 Å². The second kappa shape index (κ2) is 9.97. The monoisotopic (exact) mass is 364 g/mol. The molecule has 7 nitrogen and oxygen atoms in total. The fourth-order valence-corrected chi connectivity index (χ4v) is 2.17. The molecule has 1 heterocycles. The van der Waals surface area contributed by atoms with Crippen LogP contribution in [0.15, 0.2) is 6.20 Å². The van der Waals surface area contributed by atoms with Crippen molar-refractivity contribution in [3.05, 3.63) is 29.6 Å². The highest BCUT2D eigenvalue weighted by atomic mass is 16.6. The number of rotatable bonds is 8. The lowest BCUT2D eigenvalue weighted by atomic mass is 10.1. The third-order valence-corrected chi connectivity index (χ3v) is 3.38. The molecule has 2 N–H and O–H groups in total. The first-order chi connectivity index (χ1) is 12.1. The molecule has 0 saturated heterocycles. The molecule has 7 heteroatoms. The first-order valence-electron chi connectivity index (χ1n) is 8.64. The van der Waals surface area contributed by atoms with Gasteiger partial charge in [-0.3, -0.25) is 4.98 Å². The average molecular weight is 364 g/mol. The van der Waals surface area contributed by atoms with Gasteiger partial charge in [0.1, 0.15) is 11.6 Å². The molecule has 0 spiro atoms. The molecule has 1 unspecified atom stereocenters. The number of ether oxygens (including phenoxy) is 2. The van der Waals surface area contributed by atoms with Crippen LogP contribution in [0.3, 0.4) is 0 Å². The summed E-state index contributed by atoms with van der Waals surface area (Å²) in [5, 5.41) is 11.8. The van der Waals surface area contributed by atoms with E-state index in [2.05, 4.69) is 22.4 Å². The van der Waals surface area contributed by atoms with Crippen molar-refractivity contribution in [2.45, 2.75) is 71.1 Å². The lowest BCUT2D eigenvalue weighted by Crippen LogP contribution is -2.45. The first-order valence-corrected chi connectivity index (χ1v) is 8.64. The molecule has 0 aromatic carbocycles. The summed E-state index contributed by atoms with van der Waals surface area (Å²) in [6.07, 6.45) is 2.93. The summed E-state index contributed by atoms with van der Waals surface area (Å²) in [6.45, 7) is 6.96. The SMILES string of the molecule is COC(=O)[C@H](Cc1c#cc(CCCC(C)O)nc1)NC(=O)OC(C)(C)C. The van der Waals surface area contributed by atoms with Crippen LogP contribution < -0.4 is 5.32 Å². The van der Waals surface area contributed by atoms with E-state index in [0.29, 0.717) is 18.4 Å². The Hall–Kier alpha value is -2.33. The third kappa shape index (κ3) is 8.67. The zero-order valence-corrected chi connectivity index (χ0v) is 16.1. The Kier molecular flexibility index (Phi) is 8.33. The smallest absolute Gasteiger partial charge is 0.408 e. The van der Waals surface area contributed by atoms with E-state index < -0.39 is 23.7 Å². The van der Waals surface area contributed by atoms with E-state index in [0.717, 1.165) is 12.1 Å². The van der Waals surface area contributed by atoms with E-state index in [1.807, 2.05) is 0 Å². The maximum Gasteiger partial charge on any atom is 0.408 e. The maximum atomic E-state index is 11.9. The van der Waals surface area contributed by atoms with Gasteiger partial charge in [0.2, 0.25) is 0 Å². The van der Waals surface area contributed by atoms with E-state index in [9.17, 15) is 14.7 Å². The number of aliphatic hydroxyl groups is 1. The van der Waals surface area contributed by atoms with Gasteiger partial charge in [-0.25, -0.2) is 9.59 Å². The lowest BCUT2D eigenvalue weighted by molar-refractivity contribution is -0.143. The number of nitrogens with zero attached hydrogens (tertiary/aromatic N) is 1. The molecule has 26 heavy (non-hydrogen) atoms. The molecule has 0 aliphatic rings. The number of carbonyl (C=O) groups excluding carboxylic acids is 2. The Morgan fingerprint density at radius 1 is 1.35 bits per heavy atom. The van der Waals surface area contributed by atoms with Gasteiger partial charge in [-0.1, -0.05) is 6.07 Å². The van der Waals surface area contributed by atoms with Crippen molar-refractivity contribution in [2.75, 3.05) is 7.11 Å². The molecule has 1 amide bonds. The summed E-state index contributed by atoms with van der Waals surface area (Å²) >= 11 is 0. The third-order valence-electron chi connectivity index (χ3n) is 3.38. The van der Waals surface area contributed by atoms with Gasteiger partial charge in [0.15, 0.2) is 0 Å². The lowest BCUT2D eigenvalue weighted by Gasteiger charge is -2.22. The molecule has 1 aromatic heterocycles. The van der Waals surface area contributed by atoms with E-state index in [4.69, 9.17) is 9.47 Å². The molecule has 144 valence electrons. The first kappa shape index (κ1) is 21.7. The summed E-state index contributed by atoms with van der Waals surface area (Å²) in [5.74, 6) is -0.578. The normalized spacial score (nSPS) is 13.3. The predicted octanol–water partition coefficient (Wildman–Crippen LogP) is 1.99. The summed E-state index contributed by atoms with van der Waals surface area (Å²) in [7, 11) is 1.26. The molecule has 0 radical (unpaired) electrons. The van der Waals surface area contributed by atoms with Crippen LogP contribution in [0.1, 0.15) is 51.8 Å². The van der Waals surface area contributed by atoms with E-state index in [1.54, 1.807) is 33.9 Å². The molecular weight excluding hydrogens is 336 g/mol. The second-order valence-corrected chi connectivity index (χ2v) is 7.15. The molecule has 0 bridgehead atoms. The number of hydrogen-bond acceptors (Lipinski definition) is 6. The van der Waals surface area contributed by atoms with Gasteiger partial charge in [0.25, 0.3) is 0 Å². The zero-order chi connectivity index (χ0) is 19.7. The Morgan fingerprint density at radius 3 is 2.54 bits per heavy atom. The van der Waals surface area contributed by atoms with Crippen molar-refractivity contribution in [1.29, 1.82) is 0 Å². The summed E-state index contributed by atoms with van der Waals surface area (Å²) in [5.41, 5.74) is 0.694. The van der Waals surface area contributed by atoms with Crippen LogP contribution in [0, 0.1) is 12.1 Å². The topological polar surface area (TPSA) is 97.8 Å². The van der Waals surface area contributed by atoms with Crippen LogP contribution in [0.4, 0.5) is 4.79 Å². The minimum absolute atomic E-state index is 0.170. The number of esters is 1. The Bertz CT molecular complexity index is 579. The van der Waals surface area contributed by atoms with Gasteiger partial charge < -0.3 is 19.9 Å². The van der Waals surface area contributed by atoms with Gasteiger partial charge in [-0.05, 0) is 53.0 Å². The average Bonchev–Trinajstić information content (AvgIpc) is 2.53. The van der Waals surface area contributed by atoms with Crippen LogP contribution in [0.25, 0.3) is 0 Å². The van der Waals surface area contributed by atoms with Crippen LogP contribution >= 0.6 is 0 Å². The molecular formula is C19H28N2O5. The highest BCUT2D eigenvalue weighted by Gasteiger charge is 2.25. The number of aromatic nitrogens is 1. The molecule has 0 saturated carbocycles. The van der Waals surface area contributed by atoms with Crippen molar-refractivity contribution >= 4 is 12.1 Å². The molecule has 1 aromatic rings. The van der Waals surface area contributed by atoms with Crippen molar-refractivity contribution in [2.24, 2.45) is 0 Å². The highest BCUT2D eigenvalue weighted by Crippen LogP contribution is 2.09. The Labute approximate surface area is 155 Å². The number of aliphatic hydroxyl groups excluding tert-OH is 1. The van der Waals surface area contributed by atoms with Crippen molar-refractivity contribution < 1.29 is 24.2 Å². The van der Waals surface area contributed by atoms with Crippen LogP contribution in [-0.4, -0.2) is 47.0 Å². The van der Waals surface area contributed by atoms with Gasteiger partial charge in [-0.2, -0.15) is 0 Å². The fourth-order valence-electron chi connectivity index (χ4n) is 2.17. The van der Waals surface area contributed by atoms with Gasteiger partial charge in [-0.15, -0.1) is 0 Å². The number of hydrogen-bond donors (Lipinski definition) is 2. The highest BCUT2D eigenvalue weighted by molar-refractivity contribution is 5.81. The van der Waals surface area contributed by atoms with Crippen LogP contribution in [0.2, 0.25) is 0 Å². The van der Waals surface area contributed by atoms with Crippen molar-refractivity contribution in [3.63, 3.8) is 0 Å². The second-order valence-electron chi connectivity index (χ2n) is 7.15. The quantitative estimate of drug-likeness (QED) is 0.685. The van der Waals surface area contributed by atoms with Crippen LogP contribution in [0.5, 0.6) is 0 Å². The van der Waals surface area contributed by atoms with E-state index in [-0.39, 0.29) is 12.5 Å². The molecule has 0 aliphatic heterocycles. The van der Waals surface area contributed by atoms with Crippen molar-refractivity contribution in [1.82, 2.24) is 10.3 Å². The predicted molar refractivity (Wildman–Crippen MR) is 95.4 cm³/mol. The van der Waals surface area contributed by atoms with Crippen molar-refractivity contribution in [3.8, 4) is 0 Å². The summed E-state index contributed by atoms with van der Waals surface area (Å²) in [4.78, 5) is 28.1.